The third-order valence-corrected chi connectivity index (χ3v) is 2.52. The summed E-state index contributed by atoms with van der Waals surface area (Å²) in [6.45, 7) is 1.74. The zero-order valence-corrected chi connectivity index (χ0v) is 8.17. The summed E-state index contributed by atoms with van der Waals surface area (Å²) in [6.07, 6.45) is -0.271. The number of hydrogen-bond donors (Lipinski definition) is 1. The molecule has 0 radical (unpaired) electrons. The summed E-state index contributed by atoms with van der Waals surface area (Å²) in [4.78, 5) is 12.3. The summed E-state index contributed by atoms with van der Waals surface area (Å²) >= 11 is 0. The summed E-state index contributed by atoms with van der Waals surface area (Å²) in [5.41, 5.74) is 0.855. The number of hydrogen-bond acceptors (Lipinski definition) is 4. The van der Waals surface area contributed by atoms with E-state index in [0.717, 1.165) is 0 Å². The van der Waals surface area contributed by atoms with Gasteiger partial charge in [-0.2, -0.15) is 0 Å². The molecule has 1 aromatic rings. The Morgan fingerprint density at radius 3 is 2.73 bits per heavy atom. The number of aliphatic hydroxyl groups is 1. The van der Waals surface area contributed by atoms with E-state index in [1.165, 1.54) is 6.07 Å². The molecule has 1 fully saturated rings. The zero-order chi connectivity index (χ0) is 10.8. The zero-order valence-electron chi connectivity index (χ0n) is 8.17. The maximum Gasteiger partial charge on any atom is 0.273 e. The first-order valence-corrected chi connectivity index (χ1v) is 4.79. The fourth-order valence-corrected chi connectivity index (χ4v) is 1.74. The second-order valence-corrected chi connectivity index (χ2v) is 3.73. The Hall–Kier alpha value is -1.46. The van der Waals surface area contributed by atoms with Gasteiger partial charge < -0.3 is 5.11 Å². The van der Waals surface area contributed by atoms with E-state index < -0.39 is 0 Å². The lowest BCUT2D eigenvalue weighted by atomic mass is 10.1. The van der Waals surface area contributed by atoms with Gasteiger partial charge in [-0.1, -0.05) is 18.2 Å². The molecule has 1 heterocycles. The van der Waals surface area contributed by atoms with Crippen molar-refractivity contribution in [3.8, 4) is 0 Å². The van der Waals surface area contributed by atoms with Gasteiger partial charge in [-0.25, -0.2) is 0 Å². The highest BCUT2D eigenvalue weighted by Gasteiger charge is 2.26. The lowest BCUT2D eigenvalue weighted by Crippen LogP contribution is -2.49. The van der Waals surface area contributed by atoms with Crippen LogP contribution in [-0.4, -0.2) is 34.1 Å². The van der Waals surface area contributed by atoms with E-state index in [9.17, 15) is 10.1 Å². The molecule has 1 aliphatic heterocycles. The minimum Gasteiger partial charge on any atom is -0.390 e. The first-order chi connectivity index (χ1) is 7.16. The van der Waals surface area contributed by atoms with Crippen molar-refractivity contribution < 1.29 is 10.0 Å². The molecule has 0 spiro atoms. The van der Waals surface area contributed by atoms with Crippen molar-refractivity contribution >= 4 is 5.69 Å². The normalized spacial score (nSPS) is 17.4. The molecule has 1 N–H and O–H groups in total. The van der Waals surface area contributed by atoms with Gasteiger partial charge >= 0.3 is 0 Å². The van der Waals surface area contributed by atoms with Gasteiger partial charge in [-0.3, -0.25) is 15.0 Å². The molecule has 5 nitrogen and oxygen atoms in total. The topological polar surface area (TPSA) is 66.6 Å². The molecule has 0 aliphatic carbocycles. The maximum absolute atomic E-state index is 10.7. The molecule has 0 saturated carbocycles. The third kappa shape index (κ3) is 2.14. The fourth-order valence-electron chi connectivity index (χ4n) is 1.74. The first-order valence-electron chi connectivity index (χ1n) is 4.79. The Kier molecular flexibility index (Phi) is 2.66. The molecule has 0 unspecified atom stereocenters. The van der Waals surface area contributed by atoms with Gasteiger partial charge in [0.1, 0.15) is 0 Å². The number of likely N-dealkylation sites (tertiary alicyclic amines) is 1. The average molecular weight is 208 g/mol. The molecular weight excluding hydrogens is 196 g/mol. The van der Waals surface area contributed by atoms with Crippen LogP contribution in [0.1, 0.15) is 5.56 Å². The monoisotopic (exact) mass is 208 g/mol. The lowest BCUT2D eigenvalue weighted by molar-refractivity contribution is -0.385. The number of β-amino-alcohol motifs (C(OH)–C–C–N with tert-alkyl or cyclic N) is 1. The number of nitrogens with zero attached hydrogens (tertiary/aromatic N) is 2. The Morgan fingerprint density at radius 1 is 1.47 bits per heavy atom. The van der Waals surface area contributed by atoms with E-state index in [1.54, 1.807) is 18.2 Å². The number of aliphatic hydroxyl groups excluding tert-OH is 1. The highest BCUT2D eigenvalue weighted by atomic mass is 16.6. The quantitative estimate of drug-likeness (QED) is 0.588. The van der Waals surface area contributed by atoms with Gasteiger partial charge in [0, 0.05) is 31.3 Å². The molecule has 1 saturated heterocycles. The van der Waals surface area contributed by atoms with E-state index in [0.29, 0.717) is 25.2 Å². The molecule has 1 aromatic carbocycles. The van der Waals surface area contributed by atoms with Crippen molar-refractivity contribution in [1.82, 2.24) is 4.90 Å². The standard InChI is InChI=1S/C10H12N2O3/c13-9-6-11(7-9)5-8-3-1-2-4-10(8)12(14)15/h1-4,9,13H,5-7H2. The highest BCUT2D eigenvalue weighted by molar-refractivity contribution is 5.39. The Bertz CT molecular complexity index is 375. The van der Waals surface area contributed by atoms with Crippen molar-refractivity contribution in [2.75, 3.05) is 13.1 Å². The van der Waals surface area contributed by atoms with Crippen molar-refractivity contribution in [2.24, 2.45) is 0 Å². The van der Waals surface area contributed by atoms with Gasteiger partial charge in [0.15, 0.2) is 0 Å². The predicted molar refractivity (Wildman–Crippen MR) is 54.4 cm³/mol. The van der Waals surface area contributed by atoms with E-state index in [-0.39, 0.29) is 16.7 Å². The van der Waals surface area contributed by atoms with E-state index >= 15 is 0 Å². The van der Waals surface area contributed by atoms with E-state index in [1.807, 2.05) is 4.90 Å². The number of para-hydroxylation sites is 1. The Labute approximate surface area is 87.1 Å². The minimum atomic E-state index is -0.369. The van der Waals surface area contributed by atoms with E-state index in [2.05, 4.69) is 0 Å². The second-order valence-electron chi connectivity index (χ2n) is 3.73. The van der Waals surface area contributed by atoms with Crippen LogP contribution < -0.4 is 0 Å². The summed E-state index contributed by atoms with van der Waals surface area (Å²) in [6, 6.07) is 6.71. The van der Waals surface area contributed by atoms with Crippen LogP contribution in [-0.2, 0) is 6.54 Å². The van der Waals surface area contributed by atoms with Gasteiger partial charge in [-0.15, -0.1) is 0 Å². The van der Waals surface area contributed by atoms with Crippen LogP contribution in [0.5, 0.6) is 0 Å². The average Bonchev–Trinajstić information content (AvgIpc) is 2.16. The third-order valence-electron chi connectivity index (χ3n) is 2.52. The Morgan fingerprint density at radius 2 is 2.13 bits per heavy atom. The largest absolute Gasteiger partial charge is 0.390 e. The first kappa shape index (κ1) is 10.1. The van der Waals surface area contributed by atoms with Crippen LogP contribution in [0.4, 0.5) is 5.69 Å². The number of benzene rings is 1. The van der Waals surface area contributed by atoms with Crippen LogP contribution >= 0.6 is 0 Å². The van der Waals surface area contributed by atoms with Gasteiger partial charge in [-0.05, 0) is 0 Å². The molecule has 1 aliphatic rings. The fraction of sp³-hybridized carbons (Fsp3) is 0.400. The predicted octanol–water partition coefficient (Wildman–Crippen LogP) is 0.771. The summed E-state index contributed by atoms with van der Waals surface area (Å²) < 4.78 is 0. The number of nitro groups is 1. The second kappa shape index (κ2) is 3.96. The van der Waals surface area contributed by atoms with E-state index in [4.69, 9.17) is 5.11 Å². The minimum absolute atomic E-state index is 0.152. The van der Waals surface area contributed by atoms with Gasteiger partial charge in [0.2, 0.25) is 0 Å². The van der Waals surface area contributed by atoms with Crippen LogP contribution in [0, 0.1) is 10.1 Å². The van der Waals surface area contributed by atoms with Crippen LogP contribution in [0.2, 0.25) is 0 Å². The van der Waals surface area contributed by atoms with Crippen LogP contribution in [0.15, 0.2) is 24.3 Å². The van der Waals surface area contributed by atoms with Gasteiger partial charge in [0.25, 0.3) is 5.69 Å². The molecule has 5 heteroatoms. The number of nitro benzene ring substituents is 1. The molecule has 0 aromatic heterocycles. The summed E-state index contributed by atoms with van der Waals surface area (Å²) in [5.74, 6) is 0. The summed E-state index contributed by atoms with van der Waals surface area (Å²) in [7, 11) is 0. The molecular formula is C10H12N2O3. The SMILES string of the molecule is O=[N+]([O-])c1ccccc1CN1CC(O)C1. The van der Waals surface area contributed by atoms with Gasteiger partial charge in [0.05, 0.1) is 11.0 Å². The number of rotatable bonds is 3. The lowest BCUT2D eigenvalue weighted by Gasteiger charge is -2.35. The highest BCUT2D eigenvalue weighted by Crippen LogP contribution is 2.21. The molecule has 0 atom stereocenters. The van der Waals surface area contributed by atoms with Crippen LogP contribution in [0.25, 0.3) is 0 Å². The van der Waals surface area contributed by atoms with Crippen molar-refractivity contribution in [3.05, 3.63) is 39.9 Å². The molecule has 0 bridgehead atoms. The summed E-state index contributed by atoms with van der Waals surface area (Å²) in [5, 5.41) is 19.8. The molecule has 0 amide bonds. The van der Waals surface area contributed by atoms with Crippen molar-refractivity contribution in [3.63, 3.8) is 0 Å². The smallest absolute Gasteiger partial charge is 0.273 e. The molecule has 15 heavy (non-hydrogen) atoms. The molecule has 2 rings (SSSR count). The van der Waals surface area contributed by atoms with Crippen LogP contribution in [0.3, 0.4) is 0 Å². The Balaban J connectivity index is 2.10. The maximum atomic E-state index is 10.7. The van der Waals surface area contributed by atoms with Crippen molar-refractivity contribution in [1.29, 1.82) is 0 Å². The van der Waals surface area contributed by atoms with Crippen molar-refractivity contribution in [2.45, 2.75) is 12.6 Å². The molecule has 80 valence electrons.